The maximum absolute atomic E-state index is 10.6. The fourth-order valence-corrected chi connectivity index (χ4v) is 2.70. The van der Waals surface area contributed by atoms with Gasteiger partial charge in [-0.3, -0.25) is 0 Å². The van der Waals surface area contributed by atoms with Crippen LogP contribution in [-0.4, -0.2) is 11.3 Å². The minimum Gasteiger partial charge on any atom is -0.388 e. The number of nitrogens with one attached hydrogen (secondary N) is 1. The third-order valence-corrected chi connectivity index (χ3v) is 3.90. The second-order valence-corrected chi connectivity index (χ2v) is 5.34. The van der Waals surface area contributed by atoms with Crippen LogP contribution in [-0.2, 0) is 0 Å². The molecule has 2 N–H and O–H groups in total. The summed E-state index contributed by atoms with van der Waals surface area (Å²) in [4.78, 5) is 0. The third kappa shape index (κ3) is 3.26. The van der Waals surface area contributed by atoms with Gasteiger partial charge in [-0.25, -0.2) is 0 Å². The largest absolute Gasteiger partial charge is 0.388 e. The number of unbranched alkanes of at least 4 members (excludes halogenated alkanes) is 2. The lowest BCUT2D eigenvalue weighted by Crippen LogP contribution is -2.14. The highest BCUT2D eigenvalue weighted by Crippen LogP contribution is 2.30. The summed E-state index contributed by atoms with van der Waals surface area (Å²) < 4.78 is 0. The van der Waals surface area contributed by atoms with Crippen LogP contribution in [0.5, 0.6) is 0 Å². The van der Waals surface area contributed by atoms with Gasteiger partial charge >= 0.3 is 0 Å². The molecule has 2 atom stereocenters. The first kappa shape index (κ1) is 14.7. The molecule has 2 aromatic rings. The van der Waals surface area contributed by atoms with E-state index >= 15 is 0 Å². The van der Waals surface area contributed by atoms with E-state index in [1.807, 2.05) is 30.3 Å². The van der Waals surface area contributed by atoms with E-state index in [1.165, 1.54) is 6.21 Å². The number of benzene rings is 2. The monoisotopic (exact) mass is 269 g/mol. The molecule has 0 aromatic heterocycles. The summed E-state index contributed by atoms with van der Waals surface area (Å²) in [5.41, 5.74) is 0.938. The fourth-order valence-electron chi connectivity index (χ4n) is 2.70. The van der Waals surface area contributed by atoms with E-state index in [-0.39, 0.29) is 5.92 Å². The lowest BCUT2D eigenvalue weighted by Gasteiger charge is -2.20. The quantitative estimate of drug-likeness (QED) is 0.554. The van der Waals surface area contributed by atoms with E-state index in [1.54, 1.807) is 0 Å². The molecular weight excluding hydrogens is 246 g/mol. The predicted octanol–water partition coefficient (Wildman–Crippen LogP) is 4.72. The lowest BCUT2D eigenvalue weighted by atomic mass is 9.89. The second kappa shape index (κ2) is 7.20. The maximum atomic E-state index is 10.6. The van der Waals surface area contributed by atoms with E-state index in [2.05, 4.69) is 19.1 Å². The van der Waals surface area contributed by atoms with Crippen molar-refractivity contribution in [2.75, 3.05) is 0 Å². The standard InChI is InChI=1S/C18H23NO/c1-2-3-4-9-15(13-19)18(20)17-12-7-10-14-8-5-6-11-16(14)17/h5-8,10-13,15,18-20H,2-4,9H2,1H3/t15?,18-/m1/s1. The van der Waals surface area contributed by atoms with Gasteiger partial charge in [0.05, 0.1) is 6.10 Å². The van der Waals surface area contributed by atoms with Gasteiger partial charge in [-0.05, 0) is 22.8 Å². The summed E-state index contributed by atoms with van der Waals surface area (Å²) in [6.07, 6.45) is 5.08. The lowest BCUT2D eigenvalue weighted by molar-refractivity contribution is 0.137. The normalized spacial score (nSPS) is 14.1. The molecule has 0 aliphatic heterocycles. The number of aliphatic hydroxyl groups is 1. The molecule has 2 aromatic carbocycles. The summed E-state index contributed by atoms with van der Waals surface area (Å²) >= 11 is 0. The second-order valence-electron chi connectivity index (χ2n) is 5.34. The molecule has 0 heterocycles. The van der Waals surface area contributed by atoms with E-state index in [0.29, 0.717) is 0 Å². The summed E-state index contributed by atoms with van der Waals surface area (Å²) in [5.74, 6) is -0.0904. The summed E-state index contributed by atoms with van der Waals surface area (Å²) in [6, 6.07) is 14.1. The number of hydrogen-bond acceptors (Lipinski definition) is 2. The van der Waals surface area contributed by atoms with Crippen LogP contribution in [0.4, 0.5) is 0 Å². The average molecular weight is 269 g/mol. The van der Waals surface area contributed by atoms with Gasteiger partial charge in [-0.1, -0.05) is 68.7 Å². The molecule has 0 aliphatic rings. The number of aliphatic hydroxyl groups excluding tert-OH is 1. The summed E-state index contributed by atoms with van der Waals surface area (Å²) in [5, 5.41) is 20.5. The van der Waals surface area contributed by atoms with Crippen LogP contribution < -0.4 is 0 Å². The molecule has 0 aliphatic carbocycles. The topological polar surface area (TPSA) is 44.1 Å². The molecule has 0 saturated heterocycles. The molecule has 0 bridgehead atoms. The molecule has 2 nitrogen and oxygen atoms in total. The van der Waals surface area contributed by atoms with Gasteiger partial charge < -0.3 is 10.5 Å². The predicted molar refractivity (Wildman–Crippen MR) is 85.3 cm³/mol. The molecule has 2 heteroatoms. The Bertz CT molecular complexity index is 559. The molecule has 106 valence electrons. The summed E-state index contributed by atoms with van der Waals surface area (Å²) in [6.45, 7) is 2.17. The van der Waals surface area contributed by atoms with Crippen molar-refractivity contribution in [3.05, 3.63) is 48.0 Å². The Morgan fingerprint density at radius 1 is 1.10 bits per heavy atom. The Kier molecular flexibility index (Phi) is 5.31. The molecular formula is C18H23NO. The molecule has 0 radical (unpaired) electrons. The molecule has 0 spiro atoms. The molecule has 20 heavy (non-hydrogen) atoms. The van der Waals surface area contributed by atoms with E-state index in [4.69, 9.17) is 5.41 Å². The van der Waals surface area contributed by atoms with Gasteiger partial charge in [0.25, 0.3) is 0 Å². The molecule has 0 fully saturated rings. The van der Waals surface area contributed by atoms with E-state index < -0.39 is 6.10 Å². The third-order valence-electron chi connectivity index (χ3n) is 3.90. The zero-order chi connectivity index (χ0) is 14.4. The highest BCUT2D eigenvalue weighted by molar-refractivity contribution is 5.86. The SMILES string of the molecule is CCCCCC(C=N)[C@@H](O)c1cccc2ccccc12. The van der Waals surface area contributed by atoms with Crippen LogP contribution in [0.25, 0.3) is 10.8 Å². The molecule has 1 unspecified atom stereocenters. The fraction of sp³-hybridized carbons (Fsp3) is 0.389. The van der Waals surface area contributed by atoms with Crippen molar-refractivity contribution in [2.24, 2.45) is 5.92 Å². The van der Waals surface area contributed by atoms with E-state index in [9.17, 15) is 5.11 Å². The first-order valence-electron chi connectivity index (χ1n) is 7.44. The summed E-state index contributed by atoms with van der Waals surface area (Å²) in [7, 11) is 0. The van der Waals surface area contributed by atoms with Gasteiger partial charge in [0.15, 0.2) is 0 Å². The first-order valence-corrected chi connectivity index (χ1v) is 7.44. The first-order chi connectivity index (χ1) is 9.77. The Morgan fingerprint density at radius 3 is 2.60 bits per heavy atom. The van der Waals surface area contributed by atoms with Gasteiger partial charge in [-0.2, -0.15) is 0 Å². The van der Waals surface area contributed by atoms with Crippen LogP contribution >= 0.6 is 0 Å². The van der Waals surface area contributed by atoms with Crippen molar-refractivity contribution >= 4 is 17.0 Å². The Labute approximate surface area is 121 Å². The molecule has 2 rings (SSSR count). The smallest absolute Gasteiger partial charge is 0.0873 e. The zero-order valence-corrected chi connectivity index (χ0v) is 12.0. The van der Waals surface area contributed by atoms with Crippen LogP contribution in [0.15, 0.2) is 42.5 Å². The number of rotatable bonds is 7. The van der Waals surface area contributed by atoms with Crippen molar-refractivity contribution < 1.29 is 5.11 Å². The van der Waals surface area contributed by atoms with Gasteiger partial charge in [0.1, 0.15) is 0 Å². The van der Waals surface area contributed by atoms with Gasteiger partial charge in [0, 0.05) is 12.1 Å². The van der Waals surface area contributed by atoms with Crippen LogP contribution in [0.1, 0.15) is 44.3 Å². The van der Waals surface area contributed by atoms with E-state index in [0.717, 1.165) is 42.0 Å². The van der Waals surface area contributed by atoms with Crippen molar-refractivity contribution in [2.45, 2.75) is 38.7 Å². The van der Waals surface area contributed by atoms with Crippen molar-refractivity contribution in [3.8, 4) is 0 Å². The minimum absolute atomic E-state index is 0.0904. The maximum Gasteiger partial charge on any atom is 0.0873 e. The Hall–Kier alpha value is -1.67. The number of hydrogen-bond donors (Lipinski definition) is 2. The van der Waals surface area contributed by atoms with Gasteiger partial charge in [-0.15, -0.1) is 0 Å². The zero-order valence-electron chi connectivity index (χ0n) is 12.0. The number of fused-ring (bicyclic) bond motifs is 1. The van der Waals surface area contributed by atoms with Gasteiger partial charge in [0.2, 0.25) is 0 Å². The molecule has 0 saturated carbocycles. The van der Waals surface area contributed by atoms with Crippen LogP contribution in [0, 0.1) is 11.3 Å². The molecule has 0 amide bonds. The average Bonchev–Trinajstić information content (AvgIpc) is 2.50. The van der Waals surface area contributed by atoms with Crippen molar-refractivity contribution in [1.82, 2.24) is 0 Å². The van der Waals surface area contributed by atoms with Crippen molar-refractivity contribution in [3.63, 3.8) is 0 Å². The highest BCUT2D eigenvalue weighted by atomic mass is 16.3. The van der Waals surface area contributed by atoms with Crippen LogP contribution in [0.2, 0.25) is 0 Å². The highest BCUT2D eigenvalue weighted by Gasteiger charge is 2.20. The Balaban J connectivity index is 2.25. The van der Waals surface area contributed by atoms with Crippen molar-refractivity contribution in [1.29, 1.82) is 5.41 Å². The minimum atomic E-state index is -0.588. The Morgan fingerprint density at radius 2 is 1.85 bits per heavy atom. The van der Waals surface area contributed by atoms with Crippen LogP contribution in [0.3, 0.4) is 0 Å².